The first-order valence-electron chi connectivity index (χ1n) is 4.66. The summed E-state index contributed by atoms with van der Waals surface area (Å²) in [6.45, 7) is 4.06. The van der Waals surface area contributed by atoms with Crippen molar-refractivity contribution in [2.75, 3.05) is 0 Å². The van der Waals surface area contributed by atoms with Crippen molar-refractivity contribution in [1.29, 1.82) is 0 Å². The first-order chi connectivity index (χ1) is 7.20. The molecular weight excluding hydrogens is 194 g/mol. The summed E-state index contributed by atoms with van der Waals surface area (Å²) < 4.78 is 6.99. The number of rotatable bonds is 3. The molecular formula is C10H11N3O2. The minimum atomic E-state index is 0.224. The zero-order valence-corrected chi connectivity index (χ0v) is 8.54. The van der Waals surface area contributed by atoms with Crippen molar-refractivity contribution >= 4 is 6.29 Å². The van der Waals surface area contributed by atoms with E-state index in [2.05, 4.69) is 10.1 Å². The Morgan fingerprint density at radius 1 is 1.47 bits per heavy atom. The van der Waals surface area contributed by atoms with Gasteiger partial charge in [-0.15, -0.1) is 0 Å². The fourth-order valence-electron chi connectivity index (χ4n) is 1.21. The van der Waals surface area contributed by atoms with Gasteiger partial charge in [0.05, 0.1) is 18.0 Å². The van der Waals surface area contributed by atoms with E-state index in [4.69, 9.17) is 4.42 Å². The number of carbonyl (C=O) groups is 1. The molecule has 0 saturated heterocycles. The lowest BCUT2D eigenvalue weighted by Gasteiger charge is -2.02. The second kappa shape index (κ2) is 3.68. The van der Waals surface area contributed by atoms with Crippen LogP contribution in [0.25, 0.3) is 11.5 Å². The molecule has 0 N–H and O–H groups in total. The van der Waals surface area contributed by atoms with Crippen LogP contribution in [0.2, 0.25) is 0 Å². The molecule has 0 spiro atoms. The molecule has 2 heterocycles. The van der Waals surface area contributed by atoms with Gasteiger partial charge < -0.3 is 4.42 Å². The van der Waals surface area contributed by atoms with Crippen molar-refractivity contribution in [3.8, 4) is 11.5 Å². The van der Waals surface area contributed by atoms with Crippen LogP contribution in [0.1, 0.15) is 30.4 Å². The van der Waals surface area contributed by atoms with Crippen molar-refractivity contribution in [3.05, 3.63) is 24.4 Å². The molecule has 2 rings (SSSR count). The van der Waals surface area contributed by atoms with Gasteiger partial charge in [0.15, 0.2) is 12.0 Å². The van der Waals surface area contributed by atoms with Crippen LogP contribution in [0.3, 0.4) is 0 Å². The maximum absolute atomic E-state index is 10.4. The van der Waals surface area contributed by atoms with E-state index in [9.17, 15) is 4.79 Å². The Labute approximate surface area is 86.7 Å². The minimum absolute atomic E-state index is 0.224. The highest BCUT2D eigenvalue weighted by Gasteiger charge is 2.09. The van der Waals surface area contributed by atoms with E-state index >= 15 is 0 Å². The third-order valence-corrected chi connectivity index (χ3v) is 2.02. The van der Waals surface area contributed by atoms with Crippen molar-refractivity contribution in [2.45, 2.75) is 19.9 Å². The SMILES string of the molecule is CC(C)n1cc(-c2ncc(C=O)o2)cn1. The molecule has 0 aromatic carbocycles. The van der Waals surface area contributed by atoms with Gasteiger partial charge in [-0.05, 0) is 13.8 Å². The number of aromatic nitrogens is 3. The molecule has 0 unspecified atom stereocenters. The zero-order valence-electron chi connectivity index (χ0n) is 8.54. The normalized spacial score (nSPS) is 10.9. The largest absolute Gasteiger partial charge is 0.433 e. The number of nitrogens with zero attached hydrogens (tertiary/aromatic N) is 3. The monoisotopic (exact) mass is 205 g/mol. The molecule has 2 aromatic heterocycles. The summed E-state index contributed by atoms with van der Waals surface area (Å²) in [5, 5.41) is 4.16. The van der Waals surface area contributed by atoms with E-state index in [-0.39, 0.29) is 5.76 Å². The number of hydrogen-bond donors (Lipinski definition) is 0. The third kappa shape index (κ3) is 1.81. The van der Waals surface area contributed by atoms with Crippen LogP contribution in [-0.2, 0) is 0 Å². The lowest BCUT2D eigenvalue weighted by molar-refractivity contribution is 0.110. The Bertz CT molecular complexity index is 470. The number of hydrogen-bond acceptors (Lipinski definition) is 4. The molecule has 0 saturated carbocycles. The van der Waals surface area contributed by atoms with Gasteiger partial charge in [-0.25, -0.2) is 4.98 Å². The number of carbonyl (C=O) groups excluding carboxylic acids is 1. The molecule has 78 valence electrons. The third-order valence-electron chi connectivity index (χ3n) is 2.02. The quantitative estimate of drug-likeness (QED) is 0.718. The summed E-state index contributed by atoms with van der Waals surface area (Å²) in [7, 11) is 0. The summed E-state index contributed by atoms with van der Waals surface area (Å²) >= 11 is 0. The molecule has 0 amide bonds. The molecule has 5 nitrogen and oxygen atoms in total. The molecule has 0 aliphatic heterocycles. The molecule has 0 aliphatic rings. The molecule has 15 heavy (non-hydrogen) atoms. The number of oxazole rings is 1. The summed E-state index contributed by atoms with van der Waals surface area (Å²) in [4.78, 5) is 14.4. The summed E-state index contributed by atoms with van der Waals surface area (Å²) in [6.07, 6.45) is 5.53. The standard InChI is InChI=1S/C10H11N3O2/c1-7(2)13-5-8(3-12-13)10-11-4-9(6-14)15-10/h3-7H,1-2H3. The zero-order chi connectivity index (χ0) is 10.8. The number of aldehydes is 1. The van der Waals surface area contributed by atoms with Gasteiger partial charge in [0, 0.05) is 12.2 Å². The molecule has 2 aromatic rings. The molecule has 0 bridgehead atoms. The summed E-state index contributed by atoms with van der Waals surface area (Å²) in [5.41, 5.74) is 0.775. The molecule has 0 aliphatic carbocycles. The second-order valence-corrected chi connectivity index (χ2v) is 3.49. The van der Waals surface area contributed by atoms with Crippen LogP contribution < -0.4 is 0 Å². The lowest BCUT2D eigenvalue weighted by atomic mass is 10.3. The first kappa shape index (κ1) is 9.64. The highest BCUT2D eigenvalue weighted by atomic mass is 16.4. The van der Waals surface area contributed by atoms with Crippen molar-refractivity contribution in [3.63, 3.8) is 0 Å². The average molecular weight is 205 g/mol. The lowest BCUT2D eigenvalue weighted by Crippen LogP contribution is -1.99. The Morgan fingerprint density at radius 2 is 2.27 bits per heavy atom. The Kier molecular flexibility index (Phi) is 2.37. The predicted molar refractivity (Wildman–Crippen MR) is 53.5 cm³/mol. The van der Waals surface area contributed by atoms with Crippen LogP contribution in [0.4, 0.5) is 0 Å². The maximum atomic E-state index is 10.4. The van der Waals surface area contributed by atoms with Crippen LogP contribution in [-0.4, -0.2) is 21.1 Å². The Morgan fingerprint density at radius 3 is 2.80 bits per heavy atom. The van der Waals surface area contributed by atoms with E-state index in [0.717, 1.165) is 5.56 Å². The maximum Gasteiger partial charge on any atom is 0.230 e. The minimum Gasteiger partial charge on any atom is -0.433 e. The van der Waals surface area contributed by atoms with Crippen LogP contribution in [0, 0.1) is 0 Å². The Hall–Kier alpha value is -1.91. The van der Waals surface area contributed by atoms with Crippen LogP contribution in [0.15, 0.2) is 23.0 Å². The van der Waals surface area contributed by atoms with E-state index in [1.165, 1.54) is 6.20 Å². The van der Waals surface area contributed by atoms with Crippen molar-refractivity contribution in [1.82, 2.24) is 14.8 Å². The van der Waals surface area contributed by atoms with Crippen LogP contribution in [0.5, 0.6) is 0 Å². The van der Waals surface area contributed by atoms with Gasteiger partial charge in [-0.3, -0.25) is 9.48 Å². The topological polar surface area (TPSA) is 60.9 Å². The van der Waals surface area contributed by atoms with Gasteiger partial charge >= 0.3 is 0 Å². The van der Waals surface area contributed by atoms with E-state index in [1.807, 2.05) is 20.0 Å². The van der Waals surface area contributed by atoms with Crippen LogP contribution >= 0.6 is 0 Å². The van der Waals surface area contributed by atoms with Gasteiger partial charge in [-0.1, -0.05) is 0 Å². The van der Waals surface area contributed by atoms with E-state index in [0.29, 0.717) is 18.2 Å². The highest BCUT2D eigenvalue weighted by molar-refractivity contribution is 5.70. The van der Waals surface area contributed by atoms with Gasteiger partial charge in [-0.2, -0.15) is 5.10 Å². The van der Waals surface area contributed by atoms with Gasteiger partial charge in [0.1, 0.15) is 0 Å². The smallest absolute Gasteiger partial charge is 0.230 e. The summed E-state index contributed by atoms with van der Waals surface area (Å²) in [5.74, 6) is 0.645. The van der Waals surface area contributed by atoms with E-state index in [1.54, 1.807) is 10.9 Å². The Balaban J connectivity index is 2.32. The van der Waals surface area contributed by atoms with Gasteiger partial charge in [0.25, 0.3) is 0 Å². The molecule has 0 fully saturated rings. The average Bonchev–Trinajstić information content (AvgIpc) is 2.86. The van der Waals surface area contributed by atoms with Crippen molar-refractivity contribution < 1.29 is 9.21 Å². The molecule has 5 heteroatoms. The first-order valence-corrected chi connectivity index (χ1v) is 4.66. The molecule has 0 atom stereocenters. The highest BCUT2D eigenvalue weighted by Crippen LogP contribution is 2.18. The fraction of sp³-hybridized carbons (Fsp3) is 0.300. The fourth-order valence-corrected chi connectivity index (χ4v) is 1.21. The molecule has 0 radical (unpaired) electrons. The van der Waals surface area contributed by atoms with Crippen molar-refractivity contribution in [2.24, 2.45) is 0 Å². The second-order valence-electron chi connectivity index (χ2n) is 3.49. The predicted octanol–water partition coefficient (Wildman–Crippen LogP) is 1.93. The van der Waals surface area contributed by atoms with Gasteiger partial charge in [0.2, 0.25) is 5.89 Å². The van der Waals surface area contributed by atoms with E-state index < -0.39 is 0 Å². The summed E-state index contributed by atoms with van der Waals surface area (Å²) in [6, 6.07) is 0.291.